The lowest BCUT2D eigenvalue weighted by Gasteiger charge is -2.07. The topological polar surface area (TPSA) is 62.7 Å². The Morgan fingerprint density at radius 2 is 2.46 bits per heavy atom. The zero-order chi connectivity index (χ0) is 9.84. The Balaban J connectivity index is 2.96. The third-order valence-electron chi connectivity index (χ3n) is 1.50. The summed E-state index contributed by atoms with van der Waals surface area (Å²) >= 11 is 3.08. The fourth-order valence-electron chi connectivity index (χ4n) is 0.893. The second kappa shape index (κ2) is 4.30. The molecule has 0 amide bonds. The number of nitrogens with zero attached hydrogens (tertiary/aromatic N) is 2. The van der Waals surface area contributed by atoms with Crippen LogP contribution in [0.4, 0.5) is 4.39 Å². The fraction of sp³-hybridized carbons (Fsp3) is 0.250. The number of pyridine rings is 1. The lowest BCUT2D eigenvalue weighted by Crippen LogP contribution is -2.13. The molecular formula is C8H7BrFN3. The monoisotopic (exact) mass is 243 g/mol. The minimum atomic E-state index is -0.655. The predicted octanol–water partition coefficient (Wildman–Crippen LogP) is 1.90. The average molecular weight is 244 g/mol. The maximum Gasteiger partial charge on any atom is 0.147 e. The number of rotatable bonds is 2. The number of hydrogen-bond acceptors (Lipinski definition) is 3. The van der Waals surface area contributed by atoms with Gasteiger partial charge in [-0.1, -0.05) is 0 Å². The quantitative estimate of drug-likeness (QED) is 0.863. The van der Waals surface area contributed by atoms with Crippen LogP contribution in [0.15, 0.2) is 16.7 Å². The summed E-state index contributed by atoms with van der Waals surface area (Å²) in [6.07, 6.45) is 1.52. The van der Waals surface area contributed by atoms with Gasteiger partial charge in [-0.3, -0.25) is 4.98 Å². The van der Waals surface area contributed by atoms with E-state index in [-0.39, 0.29) is 12.1 Å². The molecule has 0 aliphatic carbocycles. The molecule has 0 saturated carbocycles. The third kappa shape index (κ3) is 2.47. The zero-order valence-electron chi connectivity index (χ0n) is 6.67. The van der Waals surface area contributed by atoms with Gasteiger partial charge in [0, 0.05) is 10.7 Å². The van der Waals surface area contributed by atoms with E-state index >= 15 is 0 Å². The molecule has 13 heavy (non-hydrogen) atoms. The van der Waals surface area contributed by atoms with E-state index < -0.39 is 11.9 Å². The van der Waals surface area contributed by atoms with Crippen LogP contribution in [0.2, 0.25) is 0 Å². The summed E-state index contributed by atoms with van der Waals surface area (Å²) in [7, 11) is 0. The SMILES string of the molecule is N#CC[C@@H](N)c1ncc(Br)cc1F. The molecule has 0 aliphatic rings. The van der Waals surface area contributed by atoms with Crippen LogP contribution in [-0.4, -0.2) is 4.98 Å². The lowest BCUT2D eigenvalue weighted by molar-refractivity contribution is 0.568. The summed E-state index contributed by atoms with van der Waals surface area (Å²) in [5.74, 6) is -0.489. The van der Waals surface area contributed by atoms with Crippen LogP contribution in [0, 0.1) is 17.1 Å². The summed E-state index contributed by atoms with van der Waals surface area (Å²) in [5, 5.41) is 8.35. The normalized spacial score (nSPS) is 12.2. The van der Waals surface area contributed by atoms with E-state index in [9.17, 15) is 4.39 Å². The molecule has 0 saturated heterocycles. The van der Waals surface area contributed by atoms with Gasteiger partial charge in [-0.15, -0.1) is 0 Å². The molecule has 1 rings (SSSR count). The Kier molecular flexibility index (Phi) is 3.34. The molecule has 0 aliphatic heterocycles. The molecule has 3 nitrogen and oxygen atoms in total. The van der Waals surface area contributed by atoms with Gasteiger partial charge >= 0.3 is 0 Å². The van der Waals surface area contributed by atoms with Crippen molar-refractivity contribution in [3.8, 4) is 6.07 Å². The van der Waals surface area contributed by atoms with Crippen molar-refractivity contribution in [2.75, 3.05) is 0 Å². The highest BCUT2D eigenvalue weighted by Crippen LogP contribution is 2.18. The summed E-state index contributed by atoms with van der Waals surface area (Å²) < 4.78 is 13.7. The molecule has 1 heterocycles. The Morgan fingerprint density at radius 3 is 3.00 bits per heavy atom. The predicted molar refractivity (Wildman–Crippen MR) is 49.1 cm³/mol. The van der Waals surface area contributed by atoms with E-state index in [0.29, 0.717) is 4.47 Å². The van der Waals surface area contributed by atoms with E-state index in [0.717, 1.165) is 0 Å². The molecule has 0 fully saturated rings. The van der Waals surface area contributed by atoms with E-state index in [1.807, 2.05) is 6.07 Å². The Bertz CT molecular complexity index is 348. The van der Waals surface area contributed by atoms with Gasteiger partial charge < -0.3 is 5.73 Å². The van der Waals surface area contributed by atoms with Crippen molar-refractivity contribution in [1.82, 2.24) is 4.98 Å². The average Bonchev–Trinajstić information content (AvgIpc) is 2.04. The Morgan fingerprint density at radius 1 is 1.77 bits per heavy atom. The van der Waals surface area contributed by atoms with Crippen molar-refractivity contribution < 1.29 is 4.39 Å². The molecule has 0 bridgehead atoms. The van der Waals surface area contributed by atoms with Crippen molar-refractivity contribution in [3.63, 3.8) is 0 Å². The molecule has 0 spiro atoms. The molecule has 0 aromatic carbocycles. The molecule has 0 radical (unpaired) electrons. The molecule has 0 unspecified atom stereocenters. The first-order valence-electron chi connectivity index (χ1n) is 3.58. The van der Waals surface area contributed by atoms with Gasteiger partial charge in [-0.2, -0.15) is 5.26 Å². The number of halogens is 2. The second-order valence-electron chi connectivity index (χ2n) is 2.49. The Labute approximate surface area is 83.5 Å². The zero-order valence-corrected chi connectivity index (χ0v) is 8.25. The second-order valence-corrected chi connectivity index (χ2v) is 3.41. The van der Waals surface area contributed by atoms with Gasteiger partial charge in [0.15, 0.2) is 0 Å². The van der Waals surface area contributed by atoms with E-state index in [2.05, 4.69) is 20.9 Å². The number of hydrogen-bond donors (Lipinski definition) is 1. The van der Waals surface area contributed by atoms with E-state index in [1.165, 1.54) is 12.3 Å². The minimum absolute atomic E-state index is 0.0611. The van der Waals surface area contributed by atoms with Gasteiger partial charge in [-0.25, -0.2) is 4.39 Å². The van der Waals surface area contributed by atoms with Gasteiger partial charge in [0.1, 0.15) is 5.82 Å². The molecular weight excluding hydrogens is 237 g/mol. The number of aromatic nitrogens is 1. The van der Waals surface area contributed by atoms with Gasteiger partial charge in [0.05, 0.1) is 24.2 Å². The van der Waals surface area contributed by atoms with Crippen molar-refractivity contribution >= 4 is 15.9 Å². The van der Waals surface area contributed by atoms with Crippen molar-refractivity contribution in [3.05, 3.63) is 28.2 Å². The van der Waals surface area contributed by atoms with Crippen LogP contribution >= 0.6 is 15.9 Å². The van der Waals surface area contributed by atoms with Crippen molar-refractivity contribution in [1.29, 1.82) is 5.26 Å². The molecule has 5 heteroatoms. The molecule has 2 N–H and O–H groups in total. The summed E-state index contributed by atoms with van der Waals surface area (Å²) in [5.41, 5.74) is 5.65. The lowest BCUT2D eigenvalue weighted by atomic mass is 10.1. The summed E-state index contributed by atoms with van der Waals surface area (Å²) in [6, 6.07) is 2.49. The first-order valence-corrected chi connectivity index (χ1v) is 4.38. The summed E-state index contributed by atoms with van der Waals surface area (Å²) in [4.78, 5) is 3.80. The fourth-order valence-corrected chi connectivity index (χ4v) is 1.20. The maximum absolute atomic E-state index is 13.1. The summed E-state index contributed by atoms with van der Waals surface area (Å²) in [6.45, 7) is 0. The van der Waals surface area contributed by atoms with Gasteiger partial charge in [0.2, 0.25) is 0 Å². The molecule has 1 aromatic heterocycles. The first kappa shape index (κ1) is 10.1. The van der Waals surface area contributed by atoms with Crippen LogP contribution < -0.4 is 5.73 Å². The van der Waals surface area contributed by atoms with Gasteiger partial charge in [0.25, 0.3) is 0 Å². The van der Waals surface area contributed by atoms with E-state index in [1.54, 1.807) is 0 Å². The van der Waals surface area contributed by atoms with Crippen molar-refractivity contribution in [2.24, 2.45) is 5.73 Å². The highest BCUT2D eigenvalue weighted by atomic mass is 79.9. The highest BCUT2D eigenvalue weighted by molar-refractivity contribution is 9.10. The van der Waals surface area contributed by atoms with Crippen LogP contribution in [0.5, 0.6) is 0 Å². The van der Waals surface area contributed by atoms with Crippen molar-refractivity contribution in [2.45, 2.75) is 12.5 Å². The minimum Gasteiger partial charge on any atom is -0.322 e. The highest BCUT2D eigenvalue weighted by Gasteiger charge is 2.12. The van der Waals surface area contributed by atoms with E-state index in [4.69, 9.17) is 11.0 Å². The van der Waals surface area contributed by atoms with Crippen LogP contribution in [0.3, 0.4) is 0 Å². The third-order valence-corrected chi connectivity index (χ3v) is 1.93. The standard InChI is InChI=1S/C8H7BrFN3/c9-5-3-6(10)8(13-4-5)7(12)1-2-11/h3-4,7H,1,12H2/t7-/m1/s1. The van der Waals surface area contributed by atoms with Crippen LogP contribution in [-0.2, 0) is 0 Å². The largest absolute Gasteiger partial charge is 0.322 e. The van der Waals surface area contributed by atoms with Crippen LogP contribution in [0.1, 0.15) is 18.2 Å². The number of nitriles is 1. The maximum atomic E-state index is 13.1. The molecule has 1 atom stereocenters. The smallest absolute Gasteiger partial charge is 0.147 e. The molecule has 1 aromatic rings. The molecule has 68 valence electrons. The number of nitrogens with two attached hydrogens (primary N) is 1. The Hall–Kier alpha value is -0.990. The first-order chi connectivity index (χ1) is 6.15. The van der Waals surface area contributed by atoms with Crippen LogP contribution in [0.25, 0.3) is 0 Å². The van der Waals surface area contributed by atoms with Gasteiger partial charge in [-0.05, 0) is 22.0 Å².